The van der Waals surface area contributed by atoms with E-state index in [0.717, 1.165) is 17.0 Å². The van der Waals surface area contributed by atoms with E-state index in [1.165, 1.54) is 30.1 Å². The second-order valence-electron chi connectivity index (χ2n) is 8.55. The molecule has 0 fully saturated rings. The molecule has 0 bridgehead atoms. The number of fused-ring (bicyclic) bond motifs is 1. The SMILES string of the molecule is CC1c2ccc(C(=O)NCc3c(F)cc(F)cc3F)cc2N(Cc2c(F)cccc2OC(F)F)C(=O)N1C. The van der Waals surface area contributed by atoms with Gasteiger partial charge in [0.05, 0.1) is 18.3 Å². The summed E-state index contributed by atoms with van der Waals surface area (Å²) in [5.41, 5.74) is -0.0626. The summed E-state index contributed by atoms with van der Waals surface area (Å²) in [5.74, 6) is -5.54. The Labute approximate surface area is 213 Å². The minimum absolute atomic E-state index is 0.00109. The van der Waals surface area contributed by atoms with E-state index in [0.29, 0.717) is 17.7 Å². The van der Waals surface area contributed by atoms with Crippen molar-refractivity contribution < 1.29 is 40.7 Å². The van der Waals surface area contributed by atoms with Crippen LogP contribution in [0.2, 0.25) is 0 Å². The fourth-order valence-corrected chi connectivity index (χ4v) is 4.16. The number of halogens is 6. The van der Waals surface area contributed by atoms with E-state index < -0.39 is 72.3 Å². The number of rotatable bonds is 7. The van der Waals surface area contributed by atoms with E-state index in [-0.39, 0.29) is 16.8 Å². The van der Waals surface area contributed by atoms with Gasteiger partial charge in [-0.05, 0) is 36.8 Å². The molecular formula is C26H21F6N3O3. The largest absolute Gasteiger partial charge is 0.434 e. The number of hydrogen-bond donors (Lipinski definition) is 1. The highest BCUT2D eigenvalue weighted by atomic mass is 19.3. The predicted molar refractivity (Wildman–Crippen MR) is 125 cm³/mol. The molecule has 3 aromatic rings. The van der Waals surface area contributed by atoms with Crippen molar-refractivity contribution in [3.05, 3.63) is 94.1 Å². The van der Waals surface area contributed by atoms with Crippen molar-refractivity contribution >= 4 is 17.6 Å². The molecule has 0 radical (unpaired) electrons. The van der Waals surface area contributed by atoms with Crippen molar-refractivity contribution in [1.29, 1.82) is 0 Å². The summed E-state index contributed by atoms with van der Waals surface area (Å²) >= 11 is 0. The van der Waals surface area contributed by atoms with E-state index in [1.54, 1.807) is 13.0 Å². The van der Waals surface area contributed by atoms with E-state index in [9.17, 15) is 35.9 Å². The van der Waals surface area contributed by atoms with Crippen LogP contribution >= 0.6 is 0 Å². The number of carbonyl (C=O) groups excluding carboxylic acids is 2. The summed E-state index contributed by atoms with van der Waals surface area (Å²) < 4.78 is 86.0. The number of hydrogen-bond acceptors (Lipinski definition) is 3. The highest BCUT2D eigenvalue weighted by Gasteiger charge is 2.35. The Morgan fingerprint density at radius 3 is 2.34 bits per heavy atom. The lowest BCUT2D eigenvalue weighted by molar-refractivity contribution is -0.0506. The number of alkyl halides is 2. The van der Waals surface area contributed by atoms with E-state index in [1.807, 2.05) is 0 Å². The topological polar surface area (TPSA) is 61.9 Å². The van der Waals surface area contributed by atoms with Crippen LogP contribution in [0.25, 0.3) is 0 Å². The maximum absolute atomic E-state index is 14.7. The zero-order valence-electron chi connectivity index (χ0n) is 20.1. The zero-order chi connectivity index (χ0) is 27.7. The van der Waals surface area contributed by atoms with E-state index in [4.69, 9.17) is 0 Å². The smallest absolute Gasteiger partial charge is 0.387 e. The maximum atomic E-state index is 14.7. The lowest BCUT2D eigenvalue weighted by atomic mass is 9.98. The van der Waals surface area contributed by atoms with Gasteiger partial charge >= 0.3 is 12.6 Å². The normalized spacial score (nSPS) is 15.1. The quantitative estimate of drug-likeness (QED) is 0.382. The van der Waals surface area contributed by atoms with Crippen molar-refractivity contribution in [3.8, 4) is 5.75 Å². The van der Waals surface area contributed by atoms with Crippen molar-refractivity contribution in [3.63, 3.8) is 0 Å². The Morgan fingerprint density at radius 1 is 1.00 bits per heavy atom. The van der Waals surface area contributed by atoms with Crippen molar-refractivity contribution in [2.45, 2.75) is 32.7 Å². The maximum Gasteiger partial charge on any atom is 0.387 e. The molecule has 4 rings (SSSR count). The second kappa shape index (κ2) is 10.6. The minimum Gasteiger partial charge on any atom is -0.434 e. The lowest BCUT2D eigenvalue weighted by Crippen LogP contribution is -2.46. The van der Waals surface area contributed by atoms with Gasteiger partial charge in [-0.3, -0.25) is 9.69 Å². The van der Waals surface area contributed by atoms with Crippen LogP contribution in [0.1, 0.15) is 40.0 Å². The number of anilines is 1. The Balaban J connectivity index is 1.67. The highest BCUT2D eigenvalue weighted by molar-refractivity contribution is 5.99. The van der Waals surface area contributed by atoms with Crippen LogP contribution in [0.15, 0.2) is 48.5 Å². The molecule has 1 aliphatic rings. The monoisotopic (exact) mass is 537 g/mol. The molecule has 0 aromatic heterocycles. The molecule has 1 atom stereocenters. The third kappa shape index (κ3) is 5.24. The molecule has 38 heavy (non-hydrogen) atoms. The molecule has 6 nitrogen and oxygen atoms in total. The molecule has 0 saturated carbocycles. The van der Waals surface area contributed by atoms with Gasteiger partial charge in [0.1, 0.15) is 29.0 Å². The van der Waals surface area contributed by atoms with Crippen molar-refractivity contribution in [2.24, 2.45) is 0 Å². The fraction of sp³-hybridized carbons (Fsp3) is 0.231. The summed E-state index contributed by atoms with van der Waals surface area (Å²) in [6, 6.07) is 7.61. The average molecular weight is 537 g/mol. The van der Waals surface area contributed by atoms with Crippen LogP contribution < -0.4 is 15.0 Å². The molecule has 3 amide bonds. The van der Waals surface area contributed by atoms with Crippen LogP contribution in [-0.4, -0.2) is 30.5 Å². The Bertz CT molecular complexity index is 1380. The molecule has 12 heteroatoms. The first kappa shape index (κ1) is 26.8. The molecule has 1 unspecified atom stereocenters. The standard InChI is InChI=1S/C26H21F6N3O3/c1-13-16-7-6-14(24(36)33-11-17-20(29)9-15(27)10-21(17)30)8-22(16)35(26(37)34(13)2)12-18-19(28)4-3-5-23(18)38-25(31)32/h3-10,13,25H,11-12H2,1-2H3,(H,33,36). The lowest BCUT2D eigenvalue weighted by Gasteiger charge is -2.40. The van der Waals surface area contributed by atoms with Gasteiger partial charge in [0.2, 0.25) is 0 Å². The number of urea groups is 1. The van der Waals surface area contributed by atoms with Gasteiger partial charge in [0.15, 0.2) is 0 Å². The van der Waals surface area contributed by atoms with Crippen LogP contribution in [0.5, 0.6) is 5.75 Å². The van der Waals surface area contributed by atoms with Crippen LogP contribution in [0, 0.1) is 23.3 Å². The van der Waals surface area contributed by atoms with Gasteiger partial charge in [0.25, 0.3) is 5.91 Å². The first-order chi connectivity index (χ1) is 18.0. The van der Waals surface area contributed by atoms with Gasteiger partial charge < -0.3 is 15.0 Å². The van der Waals surface area contributed by atoms with Crippen LogP contribution in [-0.2, 0) is 13.1 Å². The average Bonchev–Trinajstić information content (AvgIpc) is 2.85. The number of nitrogens with one attached hydrogen (secondary N) is 1. The Hall–Kier alpha value is -4.22. The number of amides is 3. The number of ether oxygens (including phenoxy) is 1. The molecule has 1 aliphatic heterocycles. The minimum atomic E-state index is -3.23. The molecule has 0 aliphatic carbocycles. The summed E-state index contributed by atoms with van der Waals surface area (Å²) in [6.45, 7) is -2.58. The Kier molecular flexibility index (Phi) is 7.51. The summed E-state index contributed by atoms with van der Waals surface area (Å²) in [4.78, 5) is 28.4. The van der Waals surface area contributed by atoms with Crippen LogP contribution in [0.3, 0.4) is 0 Å². The second-order valence-corrected chi connectivity index (χ2v) is 8.55. The van der Waals surface area contributed by atoms with E-state index >= 15 is 0 Å². The molecule has 1 N–H and O–H groups in total. The molecule has 0 spiro atoms. The number of carbonyl (C=O) groups is 2. The summed E-state index contributed by atoms with van der Waals surface area (Å²) in [5, 5.41) is 2.34. The predicted octanol–water partition coefficient (Wildman–Crippen LogP) is 5.91. The molecule has 0 saturated heterocycles. The fourth-order valence-electron chi connectivity index (χ4n) is 4.16. The third-order valence-electron chi connectivity index (χ3n) is 6.29. The Morgan fingerprint density at radius 2 is 1.68 bits per heavy atom. The van der Waals surface area contributed by atoms with Crippen LogP contribution in [0.4, 0.5) is 36.8 Å². The summed E-state index contributed by atoms with van der Waals surface area (Å²) in [6.07, 6.45) is 0. The van der Waals surface area contributed by atoms with Gasteiger partial charge in [-0.2, -0.15) is 8.78 Å². The van der Waals surface area contributed by atoms with Gasteiger partial charge in [-0.25, -0.2) is 22.4 Å². The molecule has 1 heterocycles. The van der Waals surface area contributed by atoms with E-state index in [2.05, 4.69) is 10.1 Å². The summed E-state index contributed by atoms with van der Waals surface area (Å²) in [7, 11) is 1.51. The number of nitrogens with zero attached hydrogens (tertiary/aromatic N) is 2. The number of benzene rings is 3. The molecule has 200 valence electrons. The third-order valence-corrected chi connectivity index (χ3v) is 6.29. The van der Waals surface area contributed by atoms with Crippen molar-refractivity contribution in [1.82, 2.24) is 10.2 Å². The zero-order valence-corrected chi connectivity index (χ0v) is 20.1. The van der Waals surface area contributed by atoms with Crippen molar-refractivity contribution in [2.75, 3.05) is 11.9 Å². The molecular weight excluding hydrogens is 516 g/mol. The first-order valence-corrected chi connectivity index (χ1v) is 11.3. The molecule has 3 aromatic carbocycles. The first-order valence-electron chi connectivity index (χ1n) is 11.3. The van der Waals surface area contributed by atoms with Gasteiger partial charge in [-0.1, -0.05) is 12.1 Å². The van der Waals surface area contributed by atoms with Gasteiger partial charge in [-0.15, -0.1) is 0 Å². The van der Waals surface area contributed by atoms with Gasteiger partial charge in [0, 0.05) is 42.4 Å². The highest BCUT2D eigenvalue weighted by Crippen LogP contribution is 2.38.